The molecule has 0 N–H and O–H groups in total. The number of aromatic nitrogens is 2. The molecule has 30 heavy (non-hydrogen) atoms. The number of halogens is 1. The second-order valence-corrected chi connectivity index (χ2v) is 9.39. The van der Waals surface area contributed by atoms with Gasteiger partial charge in [-0.05, 0) is 55.3 Å². The molecule has 3 aromatic rings. The van der Waals surface area contributed by atoms with Crippen LogP contribution >= 0.6 is 0 Å². The van der Waals surface area contributed by atoms with Crippen molar-refractivity contribution in [3.63, 3.8) is 0 Å². The summed E-state index contributed by atoms with van der Waals surface area (Å²) in [5, 5.41) is 8.91. The van der Waals surface area contributed by atoms with Gasteiger partial charge in [0.25, 0.3) is 0 Å². The van der Waals surface area contributed by atoms with Crippen LogP contribution in [0.1, 0.15) is 35.0 Å². The van der Waals surface area contributed by atoms with E-state index in [9.17, 15) is 12.8 Å². The van der Waals surface area contributed by atoms with Crippen molar-refractivity contribution < 1.29 is 12.8 Å². The van der Waals surface area contributed by atoms with Gasteiger partial charge in [0.05, 0.1) is 16.5 Å². The lowest BCUT2D eigenvalue weighted by Gasteiger charge is -2.18. The Hall–Kier alpha value is -3.02. The van der Waals surface area contributed by atoms with Gasteiger partial charge in [0, 0.05) is 37.4 Å². The van der Waals surface area contributed by atoms with Crippen molar-refractivity contribution in [3.8, 4) is 6.07 Å². The van der Waals surface area contributed by atoms with Crippen molar-refractivity contribution >= 4 is 10.0 Å². The maximum absolute atomic E-state index is 13.2. The van der Waals surface area contributed by atoms with E-state index in [2.05, 4.69) is 9.55 Å². The van der Waals surface area contributed by atoms with E-state index in [-0.39, 0.29) is 16.6 Å². The molecule has 0 bridgehead atoms. The van der Waals surface area contributed by atoms with E-state index in [4.69, 9.17) is 5.26 Å². The first-order valence-corrected chi connectivity index (χ1v) is 11.1. The van der Waals surface area contributed by atoms with Gasteiger partial charge < -0.3 is 4.57 Å². The highest BCUT2D eigenvalue weighted by Crippen LogP contribution is 2.31. The lowest BCUT2D eigenvalue weighted by Crippen LogP contribution is -2.29. The lowest BCUT2D eigenvalue weighted by molar-refractivity contribution is 0.469. The summed E-state index contributed by atoms with van der Waals surface area (Å²) in [6, 6.07) is 14.3. The third-order valence-corrected chi connectivity index (χ3v) is 7.36. The van der Waals surface area contributed by atoms with Crippen LogP contribution in [0.5, 0.6) is 0 Å². The fourth-order valence-corrected chi connectivity index (χ4v) is 5.29. The standard InChI is InChI=1S/C22H21FN4O2S/c1-16-13-25-22(27(16)14-18-2-6-20(23)7-3-18)19-10-11-26(15-19)30(28,29)21-8-4-17(12-24)5-9-21/h2-9,13,19H,10-11,14-15H2,1H3. The van der Waals surface area contributed by atoms with Crippen molar-refractivity contribution in [2.75, 3.05) is 13.1 Å². The predicted molar refractivity (Wildman–Crippen MR) is 110 cm³/mol. The van der Waals surface area contributed by atoms with E-state index < -0.39 is 10.0 Å². The van der Waals surface area contributed by atoms with Gasteiger partial charge in [-0.1, -0.05) is 12.1 Å². The second-order valence-electron chi connectivity index (χ2n) is 7.46. The summed E-state index contributed by atoms with van der Waals surface area (Å²) in [5.74, 6) is 0.544. The first-order chi connectivity index (χ1) is 14.4. The molecule has 1 aromatic heterocycles. The number of sulfonamides is 1. The lowest BCUT2D eigenvalue weighted by atomic mass is 10.1. The summed E-state index contributed by atoms with van der Waals surface area (Å²) in [5.41, 5.74) is 2.35. The molecule has 8 heteroatoms. The molecule has 1 aliphatic heterocycles. The Balaban J connectivity index is 1.54. The van der Waals surface area contributed by atoms with E-state index in [1.54, 1.807) is 18.3 Å². The quantitative estimate of drug-likeness (QED) is 0.629. The van der Waals surface area contributed by atoms with Gasteiger partial charge in [-0.3, -0.25) is 0 Å². The first kappa shape index (κ1) is 20.3. The smallest absolute Gasteiger partial charge is 0.243 e. The van der Waals surface area contributed by atoms with Crippen LogP contribution in [0, 0.1) is 24.1 Å². The molecule has 1 saturated heterocycles. The number of benzene rings is 2. The molecule has 4 rings (SSSR count). The van der Waals surface area contributed by atoms with E-state index in [1.807, 2.05) is 13.0 Å². The Labute approximate surface area is 175 Å². The SMILES string of the molecule is Cc1cnc(C2CCN(S(=O)(=O)c3ccc(C#N)cc3)C2)n1Cc1ccc(F)cc1. The third kappa shape index (κ3) is 3.86. The van der Waals surface area contributed by atoms with Gasteiger partial charge in [0.2, 0.25) is 10.0 Å². The summed E-state index contributed by atoms with van der Waals surface area (Å²) >= 11 is 0. The Morgan fingerprint density at radius 1 is 1.17 bits per heavy atom. The zero-order valence-corrected chi connectivity index (χ0v) is 17.3. The number of rotatable bonds is 5. The van der Waals surface area contributed by atoms with E-state index in [0.717, 1.165) is 17.1 Å². The van der Waals surface area contributed by atoms with Crippen LogP contribution in [0.2, 0.25) is 0 Å². The summed E-state index contributed by atoms with van der Waals surface area (Å²) in [6.45, 7) is 3.28. The van der Waals surface area contributed by atoms with Gasteiger partial charge in [-0.2, -0.15) is 9.57 Å². The van der Waals surface area contributed by atoms with Crippen molar-refractivity contribution in [1.29, 1.82) is 5.26 Å². The molecule has 1 unspecified atom stereocenters. The van der Waals surface area contributed by atoms with Crippen LogP contribution in [-0.2, 0) is 16.6 Å². The van der Waals surface area contributed by atoms with Crippen molar-refractivity contribution in [3.05, 3.63) is 83.2 Å². The van der Waals surface area contributed by atoms with E-state index in [1.165, 1.54) is 40.7 Å². The van der Waals surface area contributed by atoms with Crippen molar-refractivity contribution in [2.24, 2.45) is 0 Å². The monoisotopic (exact) mass is 424 g/mol. The number of nitrogens with zero attached hydrogens (tertiary/aromatic N) is 4. The number of imidazole rings is 1. The van der Waals surface area contributed by atoms with Gasteiger partial charge in [-0.15, -0.1) is 0 Å². The summed E-state index contributed by atoms with van der Waals surface area (Å²) in [4.78, 5) is 4.74. The average molecular weight is 425 g/mol. The maximum atomic E-state index is 13.2. The minimum absolute atomic E-state index is 0.0210. The van der Waals surface area contributed by atoms with Gasteiger partial charge >= 0.3 is 0 Å². The highest BCUT2D eigenvalue weighted by Gasteiger charge is 2.35. The molecule has 6 nitrogen and oxygen atoms in total. The van der Waals surface area contributed by atoms with Gasteiger partial charge in [-0.25, -0.2) is 17.8 Å². The zero-order valence-electron chi connectivity index (χ0n) is 16.5. The van der Waals surface area contributed by atoms with Gasteiger partial charge in [0.1, 0.15) is 11.6 Å². The van der Waals surface area contributed by atoms with Crippen molar-refractivity contribution in [1.82, 2.24) is 13.9 Å². The topological polar surface area (TPSA) is 79.0 Å². The molecule has 2 aromatic carbocycles. The molecule has 0 spiro atoms. The highest BCUT2D eigenvalue weighted by atomic mass is 32.2. The molecule has 1 fully saturated rings. The molecule has 1 atom stereocenters. The molecule has 154 valence electrons. The fourth-order valence-electron chi connectivity index (χ4n) is 3.79. The number of aryl methyl sites for hydroxylation is 1. The van der Waals surface area contributed by atoms with Crippen LogP contribution < -0.4 is 0 Å². The molecule has 0 aliphatic carbocycles. The third-order valence-electron chi connectivity index (χ3n) is 5.48. The highest BCUT2D eigenvalue weighted by molar-refractivity contribution is 7.89. The Bertz CT molecular complexity index is 1200. The number of hydrogen-bond donors (Lipinski definition) is 0. The molecule has 0 amide bonds. The first-order valence-electron chi connectivity index (χ1n) is 9.65. The normalized spacial score (nSPS) is 17.2. The Morgan fingerprint density at radius 3 is 2.53 bits per heavy atom. The van der Waals surface area contributed by atoms with E-state index in [0.29, 0.717) is 31.6 Å². The number of hydrogen-bond acceptors (Lipinski definition) is 4. The molecule has 0 radical (unpaired) electrons. The maximum Gasteiger partial charge on any atom is 0.243 e. The fraction of sp³-hybridized carbons (Fsp3) is 0.273. The largest absolute Gasteiger partial charge is 0.328 e. The van der Waals surface area contributed by atoms with Crippen molar-refractivity contribution in [2.45, 2.75) is 30.7 Å². The zero-order chi connectivity index (χ0) is 21.3. The van der Waals surface area contributed by atoms with E-state index >= 15 is 0 Å². The second kappa shape index (κ2) is 8.01. The summed E-state index contributed by atoms with van der Waals surface area (Å²) in [7, 11) is -3.63. The minimum Gasteiger partial charge on any atom is -0.328 e. The summed E-state index contributed by atoms with van der Waals surface area (Å²) in [6.07, 6.45) is 2.46. The minimum atomic E-state index is -3.63. The number of nitriles is 1. The molecular formula is C22H21FN4O2S. The van der Waals surface area contributed by atoms with Crippen LogP contribution in [-0.4, -0.2) is 35.4 Å². The molecule has 1 aliphatic rings. The average Bonchev–Trinajstić information content (AvgIpc) is 3.37. The van der Waals surface area contributed by atoms with Crippen LogP contribution in [0.15, 0.2) is 59.6 Å². The van der Waals surface area contributed by atoms with Crippen LogP contribution in [0.4, 0.5) is 4.39 Å². The van der Waals surface area contributed by atoms with Crippen LogP contribution in [0.3, 0.4) is 0 Å². The Kier molecular flexibility index (Phi) is 5.41. The molecular weight excluding hydrogens is 403 g/mol. The van der Waals surface area contributed by atoms with Gasteiger partial charge in [0.15, 0.2) is 0 Å². The summed E-state index contributed by atoms with van der Waals surface area (Å²) < 4.78 is 42.8. The van der Waals surface area contributed by atoms with Crippen LogP contribution in [0.25, 0.3) is 0 Å². The predicted octanol–water partition coefficient (Wildman–Crippen LogP) is 3.43. The molecule has 0 saturated carbocycles. The Morgan fingerprint density at radius 2 is 1.87 bits per heavy atom. The molecule has 2 heterocycles.